The molecule has 1 saturated heterocycles. The molecule has 0 saturated carbocycles. The predicted octanol–water partition coefficient (Wildman–Crippen LogP) is 8.26. The van der Waals surface area contributed by atoms with Crippen LogP contribution in [0, 0.1) is 12.0 Å². The second kappa shape index (κ2) is 11.1. The highest BCUT2D eigenvalue weighted by molar-refractivity contribution is 7.87. The van der Waals surface area contributed by atoms with Crippen molar-refractivity contribution in [2.75, 3.05) is 20.2 Å². The summed E-state index contributed by atoms with van der Waals surface area (Å²) in [6.07, 6.45) is 1.55. The summed E-state index contributed by atoms with van der Waals surface area (Å²) in [7, 11) is -2.63. The molecule has 9 heteroatoms. The van der Waals surface area contributed by atoms with Gasteiger partial charge in [0.25, 0.3) is 0 Å². The van der Waals surface area contributed by atoms with Gasteiger partial charge >= 0.3 is 16.2 Å². The number of rotatable bonds is 6. The topological polar surface area (TPSA) is 73.0 Å². The zero-order valence-electron chi connectivity index (χ0n) is 24.2. The van der Waals surface area contributed by atoms with Crippen molar-refractivity contribution in [3.05, 3.63) is 101 Å². The number of carbonyl (C=O) groups is 1. The average molecular weight is 610 g/mol. The van der Waals surface area contributed by atoms with Crippen LogP contribution in [0.3, 0.4) is 0 Å². The van der Waals surface area contributed by atoms with Gasteiger partial charge in [-0.15, -0.1) is 0 Å². The number of carbonyl (C=O) groups excluding carboxylic acids is 1. The van der Waals surface area contributed by atoms with E-state index in [1.807, 2.05) is 72.1 Å². The van der Waals surface area contributed by atoms with Crippen LogP contribution >= 0.6 is 11.3 Å². The quantitative estimate of drug-likeness (QED) is 0.144. The number of benzene rings is 3. The number of piperidine rings is 1. The van der Waals surface area contributed by atoms with Crippen molar-refractivity contribution < 1.29 is 17.9 Å². The average Bonchev–Trinajstić information content (AvgIpc) is 3.63. The van der Waals surface area contributed by atoms with Gasteiger partial charge in [-0.3, -0.25) is 0 Å². The third kappa shape index (κ3) is 5.16. The molecule has 0 radical (unpaired) electrons. The van der Waals surface area contributed by atoms with Crippen LogP contribution in [0.25, 0.3) is 49.3 Å². The molecule has 7 nitrogen and oxygen atoms in total. The highest BCUT2D eigenvalue weighted by Gasteiger charge is 2.36. The van der Waals surface area contributed by atoms with Gasteiger partial charge in [0, 0.05) is 35.2 Å². The standard InChI is InChI=1S/C34H31N3O4S2/c1-34(2)17-19-36(20-18-34)43(39,40)37-29-11-6-5-10-27(29)30(28-16-21-42-32(28)35-3)31(37)26-9-7-8-25(22-26)23-12-14-24(15-13-23)33(38)41-4/h5-16,21-22H,17-20H2,1-2,4H3. The molecule has 0 spiro atoms. The summed E-state index contributed by atoms with van der Waals surface area (Å²) >= 11 is 1.35. The van der Waals surface area contributed by atoms with Gasteiger partial charge in [-0.25, -0.2) is 13.6 Å². The van der Waals surface area contributed by atoms with Crippen molar-refractivity contribution >= 4 is 43.4 Å². The number of fused-ring (bicyclic) bond motifs is 1. The summed E-state index contributed by atoms with van der Waals surface area (Å²) in [5.74, 6) is -0.410. The van der Waals surface area contributed by atoms with E-state index in [4.69, 9.17) is 11.3 Å². The first kappa shape index (κ1) is 28.9. The van der Waals surface area contributed by atoms with Gasteiger partial charge < -0.3 is 4.74 Å². The predicted molar refractivity (Wildman–Crippen MR) is 173 cm³/mol. The summed E-state index contributed by atoms with van der Waals surface area (Å²) in [5, 5.41) is 3.16. The van der Waals surface area contributed by atoms with Crippen LogP contribution < -0.4 is 0 Å². The molecule has 0 aliphatic carbocycles. The molecule has 218 valence electrons. The number of hydrogen-bond donors (Lipinski definition) is 0. The van der Waals surface area contributed by atoms with E-state index >= 15 is 0 Å². The van der Waals surface area contributed by atoms with Crippen molar-refractivity contribution in [3.63, 3.8) is 0 Å². The van der Waals surface area contributed by atoms with Crippen LogP contribution in [0.5, 0.6) is 0 Å². The maximum atomic E-state index is 14.6. The first-order valence-corrected chi connectivity index (χ1v) is 16.3. The Morgan fingerprint density at radius 1 is 0.930 bits per heavy atom. The zero-order chi connectivity index (χ0) is 30.4. The van der Waals surface area contributed by atoms with Crippen LogP contribution in [0.2, 0.25) is 0 Å². The fourth-order valence-corrected chi connectivity index (χ4v) is 8.16. The van der Waals surface area contributed by atoms with E-state index in [0.717, 1.165) is 34.9 Å². The maximum Gasteiger partial charge on any atom is 0.337 e. The van der Waals surface area contributed by atoms with Gasteiger partial charge in [0.05, 0.1) is 30.5 Å². The molecule has 3 heterocycles. The van der Waals surface area contributed by atoms with Gasteiger partial charge in [0.15, 0.2) is 0 Å². The lowest BCUT2D eigenvalue weighted by molar-refractivity contribution is 0.0600. The van der Waals surface area contributed by atoms with Gasteiger partial charge in [-0.05, 0) is 59.0 Å². The van der Waals surface area contributed by atoms with Crippen molar-refractivity contribution in [1.82, 2.24) is 8.28 Å². The largest absolute Gasteiger partial charge is 0.465 e. The van der Waals surface area contributed by atoms with Crippen LogP contribution in [0.15, 0.2) is 84.2 Å². The highest BCUT2D eigenvalue weighted by Crippen LogP contribution is 2.48. The molecule has 0 atom stereocenters. The second-order valence-electron chi connectivity index (χ2n) is 11.5. The van der Waals surface area contributed by atoms with E-state index in [0.29, 0.717) is 46.0 Å². The minimum absolute atomic E-state index is 0.0811. The van der Waals surface area contributed by atoms with Crippen LogP contribution in [0.4, 0.5) is 5.00 Å². The number of methoxy groups -OCH3 is 1. The fraction of sp³-hybridized carbons (Fsp3) is 0.235. The molecule has 1 fully saturated rings. The fourth-order valence-electron chi connectivity index (χ4n) is 5.76. The molecule has 3 aromatic carbocycles. The molecule has 43 heavy (non-hydrogen) atoms. The summed E-state index contributed by atoms with van der Waals surface area (Å²) in [6, 6.07) is 24.3. The number of hydrogen-bond acceptors (Lipinski definition) is 5. The van der Waals surface area contributed by atoms with E-state index in [2.05, 4.69) is 18.7 Å². The normalized spacial score (nSPS) is 15.3. The van der Waals surface area contributed by atoms with Gasteiger partial charge in [-0.1, -0.05) is 68.4 Å². The SMILES string of the molecule is [C-]#[N+]c1sccc1-c1c(-c2cccc(-c3ccc(C(=O)OC)cc3)c2)n(S(=O)(=O)N2CCC(C)(C)CC2)c2ccccc12. The van der Waals surface area contributed by atoms with Gasteiger partial charge in [-0.2, -0.15) is 24.1 Å². The molecular weight excluding hydrogens is 579 g/mol. The van der Waals surface area contributed by atoms with Gasteiger partial charge in [0.1, 0.15) is 0 Å². The molecule has 1 aliphatic heterocycles. The molecule has 6 rings (SSSR count). The smallest absolute Gasteiger partial charge is 0.337 e. The molecule has 5 aromatic rings. The van der Waals surface area contributed by atoms with Crippen LogP contribution in [-0.4, -0.2) is 42.9 Å². The molecule has 1 aliphatic rings. The first-order chi connectivity index (χ1) is 20.6. The lowest BCUT2D eigenvalue weighted by Crippen LogP contribution is -2.43. The number of para-hydroxylation sites is 1. The highest BCUT2D eigenvalue weighted by atomic mass is 32.2. The number of aromatic nitrogens is 1. The van der Waals surface area contributed by atoms with E-state index in [1.165, 1.54) is 22.4 Å². The molecule has 0 N–H and O–H groups in total. The van der Waals surface area contributed by atoms with Crippen molar-refractivity contribution in [3.8, 4) is 33.5 Å². The Morgan fingerprint density at radius 3 is 2.33 bits per heavy atom. The van der Waals surface area contributed by atoms with Crippen molar-refractivity contribution in [2.45, 2.75) is 26.7 Å². The monoisotopic (exact) mass is 609 g/mol. The number of esters is 1. The third-order valence-electron chi connectivity index (χ3n) is 8.26. The molecule has 0 unspecified atom stereocenters. The molecule has 0 bridgehead atoms. The Balaban J connectivity index is 1.60. The lowest BCUT2D eigenvalue weighted by Gasteiger charge is -2.36. The summed E-state index contributed by atoms with van der Waals surface area (Å²) in [5.41, 5.74) is 5.53. The maximum absolute atomic E-state index is 14.6. The first-order valence-electron chi connectivity index (χ1n) is 14.0. The zero-order valence-corrected chi connectivity index (χ0v) is 25.8. The Bertz CT molecular complexity index is 1990. The number of ether oxygens (including phenoxy) is 1. The molecular formula is C34H31N3O4S2. The second-order valence-corrected chi connectivity index (χ2v) is 14.1. The van der Waals surface area contributed by atoms with E-state index < -0.39 is 16.2 Å². The van der Waals surface area contributed by atoms with E-state index in [-0.39, 0.29) is 5.41 Å². The Hall–Kier alpha value is -4.23. The van der Waals surface area contributed by atoms with Crippen molar-refractivity contribution in [2.24, 2.45) is 5.41 Å². The number of nitrogens with zero attached hydrogens (tertiary/aromatic N) is 3. The Kier molecular flexibility index (Phi) is 7.46. The molecule has 2 aromatic heterocycles. The minimum Gasteiger partial charge on any atom is -0.465 e. The summed E-state index contributed by atoms with van der Waals surface area (Å²) in [6.45, 7) is 13.1. The summed E-state index contributed by atoms with van der Waals surface area (Å²) in [4.78, 5) is 15.8. The van der Waals surface area contributed by atoms with Crippen molar-refractivity contribution in [1.29, 1.82) is 0 Å². The van der Waals surface area contributed by atoms with Crippen LogP contribution in [-0.2, 0) is 14.9 Å². The Labute approximate surface area is 256 Å². The number of thiophene rings is 1. The summed E-state index contributed by atoms with van der Waals surface area (Å²) < 4.78 is 37.2. The van der Waals surface area contributed by atoms with E-state index in [9.17, 15) is 13.2 Å². The van der Waals surface area contributed by atoms with E-state index in [1.54, 1.807) is 16.4 Å². The molecule has 0 amide bonds. The lowest BCUT2D eigenvalue weighted by atomic mass is 9.83. The van der Waals surface area contributed by atoms with Gasteiger partial charge in [0.2, 0.25) is 5.00 Å². The minimum atomic E-state index is -3.98. The third-order valence-corrected chi connectivity index (χ3v) is 10.9. The Morgan fingerprint density at radius 2 is 1.63 bits per heavy atom. The van der Waals surface area contributed by atoms with Crippen LogP contribution in [0.1, 0.15) is 37.0 Å².